The first-order valence-electron chi connectivity index (χ1n) is 11.4. The van der Waals surface area contributed by atoms with E-state index in [0.717, 1.165) is 5.56 Å². The van der Waals surface area contributed by atoms with Gasteiger partial charge in [0.05, 0.1) is 17.0 Å². The van der Waals surface area contributed by atoms with Gasteiger partial charge in [-0.1, -0.05) is 44.2 Å². The highest BCUT2D eigenvalue weighted by molar-refractivity contribution is 7.89. The first-order valence-corrected chi connectivity index (χ1v) is 12.8. The number of hydrogen-bond donors (Lipinski definition) is 0. The number of aromatic nitrogens is 1. The third-order valence-electron chi connectivity index (χ3n) is 5.90. The van der Waals surface area contributed by atoms with E-state index in [4.69, 9.17) is 9.15 Å². The summed E-state index contributed by atoms with van der Waals surface area (Å²) in [6, 6.07) is 15.6. The fourth-order valence-corrected chi connectivity index (χ4v) is 5.45. The van der Waals surface area contributed by atoms with Crippen LogP contribution in [0.2, 0.25) is 0 Å². The summed E-state index contributed by atoms with van der Waals surface area (Å²) in [5, 5.41) is 0. The van der Waals surface area contributed by atoms with Crippen LogP contribution in [0.5, 0.6) is 0 Å². The third kappa shape index (κ3) is 5.28. The maximum Gasteiger partial charge on any atom is 0.311 e. The van der Waals surface area contributed by atoms with Gasteiger partial charge in [-0.2, -0.15) is 4.31 Å². The summed E-state index contributed by atoms with van der Waals surface area (Å²) in [4.78, 5) is 30.9. The van der Waals surface area contributed by atoms with Crippen molar-refractivity contribution in [2.45, 2.75) is 31.8 Å². The van der Waals surface area contributed by atoms with Crippen LogP contribution in [-0.2, 0) is 31.0 Å². The molecule has 1 saturated heterocycles. The van der Waals surface area contributed by atoms with Crippen LogP contribution in [0.4, 0.5) is 5.69 Å². The van der Waals surface area contributed by atoms with Gasteiger partial charge >= 0.3 is 5.97 Å². The molecular weight excluding hydrogens is 470 g/mol. The molecule has 0 aliphatic carbocycles. The van der Waals surface area contributed by atoms with E-state index in [2.05, 4.69) is 4.98 Å². The second-order valence-electron chi connectivity index (χ2n) is 8.08. The molecule has 1 amide bonds. The van der Waals surface area contributed by atoms with Crippen molar-refractivity contribution < 1.29 is 27.2 Å². The van der Waals surface area contributed by atoms with Crippen molar-refractivity contribution in [3.8, 4) is 11.3 Å². The summed E-state index contributed by atoms with van der Waals surface area (Å²) in [6.07, 6.45) is 1.59. The normalized spacial score (nSPS) is 16.1. The van der Waals surface area contributed by atoms with E-state index in [1.165, 1.54) is 21.3 Å². The fraction of sp³-hybridized carbons (Fsp3) is 0.320. The van der Waals surface area contributed by atoms with Gasteiger partial charge in [0.25, 0.3) is 0 Å². The molecule has 3 aromatic rings. The zero-order chi connectivity index (χ0) is 25.0. The zero-order valence-electron chi connectivity index (χ0n) is 19.6. The molecule has 10 heteroatoms. The molecule has 2 aromatic carbocycles. The van der Waals surface area contributed by atoms with Crippen molar-refractivity contribution >= 4 is 27.6 Å². The highest BCUT2D eigenvalue weighted by Gasteiger charge is 2.36. The van der Waals surface area contributed by atoms with E-state index >= 15 is 0 Å². The van der Waals surface area contributed by atoms with Crippen LogP contribution in [0.25, 0.3) is 11.3 Å². The molecule has 1 fully saturated rings. The van der Waals surface area contributed by atoms with E-state index in [9.17, 15) is 18.0 Å². The summed E-state index contributed by atoms with van der Waals surface area (Å²) in [7, 11) is -3.59. The van der Waals surface area contributed by atoms with Crippen molar-refractivity contribution in [1.29, 1.82) is 0 Å². The van der Waals surface area contributed by atoms with Gasteiger partial charge in [0.2, 0.25) is 21.8 Å². The smallest absolute Gasteiger partial charge is 0.311 e. The van der Waals surface area contributed by atoms with Gasteiger partial charge in [-0.05, 0) is 24.3 Å². The number of anilines is 1. The van der Waals surface area contributed by atoms with Crippen molar-refractivity contribution in [3.63, 3.8) is 0 Å². The molecule has 0 spiro atoms. The Morgan fingerprint density at radius 2 is 1.80 bits per heavy atom. The van der Waals surface area contributed by atoms with Crippen LogP contribution in [0.1, 0.15) is 26.2 Å². The van der Waals surface area contributed by atoms with Crippen molar-refractivity contribution in [2.24, 2.45) is 5.92 Å². The molecule has 9 nitrogen and oxygen atoms in total. The number of nitrogens with zero attached hydrogens (tertiary/aromatic N) is 3. The topological polar surface area (TPSA) is 110 Å². The average Bonchev–Trinajstić information content (AvgIpc) is 3.51. The van der Waals surface area contributed by atoms with Crippen molar-refractivity contribution in [2.75, 3.05) is 24.5 Å². The Morgan fingerprint density at radius 1 is 1.11 bits per heavy atom. The number of oxazole rings is 1. The van der Waals surface area contributed by atoms with Crippen molar-refractivity contribution in [3.05, 3.63) is 66.7 Å². The molecule has 0 bridgehead atoms. The number of carbonyl (C=O) groups excluding carboxylic acids is 2. The van der Waals surface area contributed by atoms with Crippen LogP contribution in [0.3, 0.4) is 0 Å². The quantitative estimate of drug-likeness (QED) is 0.416. The summed E-state index contributed by atoms with van der Waals surface area (Å²) in [6.45, 7) is 4.32. The van der Waals surface area contributed by atoms with Gasteiger partial charge in [0, 0.05) is 37.3 Å². The number of ether oxygens (including phenoxy) is 1. The molecule has 4 rings (SSSR count). The monoisotopic (exact) mass is 497 g/mol. The van der Waals surface area contributed by atoms with E-state index < -0.39 is 21.9 Å². The van der Waals surface area contributed by atoms with Gasteiger partial charge in [-0.25, -0.2) is 13.4 Å². The number of carbonyl (C=O) groups is 2. The molecule has 1 unspecified atom stereocenters. The van der Waals surface area contributed by atoms with E-state index in [-0.39, 0.29) is 36.3 Å². The lowest BCUT2D eigenvalue weighted by Gasteiger charge is -2.20. The highest BCUT2D eigenvalue weighted by atomic mass is 32.2. The zero-order valence-corrected chi connectivity index (χ0v) is 20.4. The second kappa shape index (κ2) is 10.4. The average molecular weight is 498 g/mol. The standard InChI is InChI=1S/C25H27N3O6S/c1-3-27(4-2)35(31,32)21-12-10-20(11-13-21)28-16-19(14-24(28)29)25(30)33-17-23-26-15-22(34-23)18-8-6-5-7-9-18/h5-13,15,19H,3-4,14,16-17H2,1-2H3. The molecule has 0 N–H and O–H groups in total. The third-order valence-corrected chi connectivity index (χ3v) is 7.96. The van der Waals surface area contributed by atoms with Gasteiger partial charge in [0.15, 0.2) is 12.4 Å². The summed E-state index contributed by atoms with van der Waals surface area (Å²) < 4.78 is 37.7. The number of amides is 1. The van der Waals surface area contributed by atoms with E-state index in [0.29, 0.717) is 24.5 Å². The predicted molar refractivity (Wildman–Crippen MR) is 129 cm³/mol. The SMILES string of the molecule is CCN(CC)S(=O)(=O)c1ccc(N2CC(C(=O)OCc3ncc(-c4ccccc4)o3)CC2=O)cc1. The minimum atomic E-state index is -3.59. The maximum absolute atomic E-state index is 12.7. The van der Waals surface area contributed by atoms with Crippen LogP contribution >= 0.6 is 0 Å². The number of hydrogen-bond acceptors (Lipinski definition) is 7. The molecule has 184 valence electrons. The number of sulfonamides is 1. The molecule has 1 aliphatic heterocycles. The fourth-order valence-electron chi connectivity index (χ4n) is 3.99. The van der Waals surface area contributed by atoms with E-state index in [1.54, 1.807) is 32.2 Å². The molecule has 35 heavy (non-hydrogen) atoms. The summed E-state index contributed by atoms with van der Waals surface area (Å²) in [5.74, 6) is -0.534. The molecule has 2 heterocycles. The summed E-state index contributed by atoms with van der Waals surface area (Å²) in [5.41, 5.74) is 1.40. The van der Waals surface area contributed by atoms with Crippen LogP contribution in [-0.4, -0.2) is 49.2 Å². The molecule has 1 atom stereocenters. The Balaban J connectivity index is 1.36. The Hall–Kier alpha value is -3.50. The molecule has 0 radical (unpaired) electrons. The van der Waals surface area contributed by atoms with Gasteiger partial charge in [-0.3, -0.25) is 9.59 Å². The first kappa shape index (κ1) is 24.6. The lowest BCUT2D eigenvalue weighted by Crippen LogP contribution is -2.30. The highest BCUT2D eigenvalue weighted by Crippen LogP contribution is 2.28. The minimum Gasteiger partial charge on any atom is -0.455 e. The molecular formula is C25H27N3O6S. The molecule has 1 aromatic heterocycles. The van der Waals surface area contributed by atoms with Crippen LogP contribution in [0.15, 0.2) is 70.1 Å². The summed E-state index contributed by atoms with van der Waals surface area (Å²) >= 11 is 0. The first-order chi connectivity index (χ1) is 16.8. The molecule has 0 saturated carbocycles. The maximum atomic E-state index is 12.7. The van der Waals surface area contributed by atoms with Crippen LogP contribution < -0.4 is 4.90 Å². The largest absolute Gasteiger partial charge is 0.455 e. The predicted octanol–water partition coefficient (Wildman–Crippen LogP) is 3.47. The lowest BCUT2D eigenvalue weighted by molar-refractivity contribution is -0.150. The van der Waals surface area contributed by atoms with Gasteiger partial charge < -0.3 is 14.1 Å². The van der Waals surface area contributed by atoms with E-state index in [1.807, 2.05) is 30.3 Å². The minimum absolute atomic E-state index is 0.0131. The van der Waals surface area contributed by atoms with Gasteiger partial charge in [0.1, 0.15) is 0 Å². The Morgan fingerprint density at radius 3 is 2.46 bits per heavy atom. The van der Waals surface area contributed by atoms with Gasteiger partial charge in [-0.15, -0.1) is 0 Å². The molecule has 1 aliphatic rings. The number of esters is 1. The number of rotatable bonds is 9. The Bertz CT molecular complexity index is 1280. The second-order valence-corrected chi connectivity index (χ2v) is 10.0. The van der Waals surface area contributed by atoms with Crippen molar-refractivity contribution in [1.82, 2.24) is 9.29 Å². The van der Waals surface area contributed by atoms with Crippen LogP contribution in [0, 0.1) is 5.92 Å². The lowest BCUT2D eigenvalue weighted by atomic mass is 10.1. The Labute approximate surface area is 204 Å². The Kier molecular flexibility index (Phi) is 7.32. The number of benzene rings is 2.